The predicted octanol–water partition coefficient (Wildman–Crippen LogP) is 1.76. The third-order valence-corrected chi connectivity index (χ3v) is 4.09. The molecule has 1 amide bonds. The normalized spacial score (nSPS) is 16.6. The van der Waals surface area contributed by atoms with Crippen molar-refractivity contribution in [3.63, 3.8) is 0 Å². The van der Waals surface area contributed by atoms with Crippen LogP contribution in [0.3, 0.4) is 0 Å². The summed E-state index contributed by atoms with van der Waals surface area (Å²) in [5.41, 5.74) is 1.90. The molecular weight excluding hydrogens is 264 g/mol. The van der Waals surface area contributed by atoms with Gasteiger partial charge in [-0.15, -0.1) is 0 Å². The molecule has 0 spiro atoms. The molecule has 1 aliphatic rings. The molecule has 5 nitrogen and oxygen atoms in total. The van der Waals surface area contributed by atoms with Gasteiger partial charge in [0, 0.05) is 31.9 Å². The fraction of sp³-hybridized carbons (Fsp3) is 0.562. The van der Waals surface area contributed by atoms with E-state index in [9.17, 15) is 10.1 Å². The van der Waals surface area contributed by atoms with E-state index in [1.54, 1.807) is 0 Å². The van der Waals surface area contributed by atoms with E-state index in [4.69, 9.17) is 0 Å². The van der Waals surface area contributed by atoms with Gasteiger partial charge in [0.2, 0.25) is 0 Å². The molecule has 1 fully saturated rings. The van der Waals surface area contributed by atoms with E-state index in [-0.39, 0.29) is 5.91 Å². The van der Waals surface area contributed by atoms with Gasteiger partial charge in [0.15, 0.2) is 0 Å². The highest BCUT2D eigenvalue weighted by atomic mass is 16.2. The molecule has 1 aromatic heterocycles. The first-order valence-corrected chi connectivity index (χ1v) is 7.25. The summed E-state index contributed by atoms with van der Waals surface area (Å²) < 4.78 is 0. The third kappa shape index (κ3) is 3.22. The van der Waals surface area contributed by atoms with Crippen LogP contribution < -0.4 is 0 Å². The average molecular weight is 286 g/mol. The van der Waals surface area contributed by atoms with Crippen molar-refractivity contribution in [2.45, 2.75) is 33.2 Å². The number of piperazine rings is 1. The molecule has 0 N–H and O–H groups in total. The Labute approximate surface area is 126 Å². The van der Waals surface area contributed by atoms with Crippen LogP contribution in [0, 0.1) is 25.2 Å². The monoisotopic (exact) mass is 286 g/mol. The lowest BCUT2D eigenvalue weighted by Crippen LogP contribution is -2.55. The predicted molar refractivity (Wildman–Crippen MR) is 80.9 cm³/mol. The maximum Gasteiger partial charge on any atom is 0.255 e. The molecule has 0 bridgehead atoms. The van der Waals surface area contributed by atoms with Crippen molar-refractivity contribution in [3.05, 3.63) is 29.1 Å². The van der Waals surface area contributed by atoms with Gasteiger partial charge in [0.1, 0.15) is 5.54 Å². The SMILES string of the molecule is Cc1ccc(C(=O)N2CCN(C(C)(C)C#N)CC2)c(C)n1. The molecule has 1 saturated heterocycles. The van der Waals surface area contributed by atoms with Gasteiger partial charge in [-0.3, -0.25) is 14.7 Å². The molecular formula is C16H22N4O. The third-order valence-electron chi connectivity index (χ3n) is 4.09. The van der Waals surface area contributed by atoms with Crippen molar-refractivity contribution in [2.24, 2.45) is 0 Å². The summed E-state index contributed by atoms with van der Waals surface area (Å²) >= 11 is 0. The van der Waals surface area contributed by atoms with Gasteiger partial charge in [-0.2, -0.15) is 5.26 Å². The lowest BCUT2D eigenvalue weighted by molar-refractivity contribution is 0.0520. The Morgan fingerprint density at radius 3 is 2.38 bits per heavy atom. The minimum atomic E-state index is -0.476. The zero-order chi connectivity index (χ0) is 15.6. The number of rotatable bonds is 2. The first-order chi connectivity index (χ1) is 9.85. The minimum Gasteiger partial charge on any atom is -0.336 e. The van der Waals surface area contributed by atoms with Crippen LogP contribution in [0.2, 0.25) is 0 Å². The van der Waals surface area contributed by atoms with E-state index < -0.39 is 5.54 Å². The van der Waals surface area contributed by atoms with Crippen LogP contribution in [0.5, 0.6) is 0 Å². The quantitative estimate of drug-likeness (QED) is 0.831. The van der Waals surface area contributed by atoms with Gasteiger partial charge in [-0.25, -0.2) is 0 Å². The lowest BCUT2D eigenvalue weighted by atomic mass is 10.0. The largest absolute Gasteiger partial charge is 0.336 e. The number of nitriles is 1. The Balaban J connectivity index is 2.06. The second-order valence-electron chi connectivity index (χ2n) is 6.04. The summed E-state index contributed by atoms with van der Waals surface area (Å²) in [5, 5.41) is 9.18. The van der Waals surface area contributed by atoms with Crippen LogP contribution in [0.4, 0.5) is 0 Å². The second-order valence-corrected chi connectivity index (χ2v) is 6.04. The zero-order valence-corrected chi connectivity index (χ0v) is 13.2. The van der Waals surface area contributed by atoms with E-state index in [1.807, 2.05) is 44.7 Å². The number of pyridine rings is 1. The summed E-state index contributed by atoms with van der Waals surface area (Å²) in [6, 6.07) is 6.04. The van der Waals surface area contributed by atoms with Gasteiger partial charge >= 0.3 is 0 Å². The number of aryl methyl sites for hydroxylation is 2. The molecule has 0 radical (unpaired) electrons. The van der Waals surface area contributed by atoms with Crippen LogP contribution in [-0.2, 0) is 0 Å². The topological polar surface area (TPSA) is 60.2 Å². The molecule has 0 atom stereocenters. The number of aromatic nitrogens is 1. The van der Waals surface area contributed by atoms with E-state index in [0.29, 0.717) is 18.7 Å². The summed E-state index contributed by atoms with van der Waals surface area (Å²) in [6.45, 7) is 10.4. The van der Waals surface area contributed by atoms with Gasteiger partial charge in [0.05, 0.1) is 17.3 Å². The average Bonchev–Trinajstić information content (AvgIpc) is 2.47. The molecule has 2 heterocycles. The molecule has 2 rings (SSSR count). The van der Waals surface area contributed by atoms with Crippen LogP contribution in [0.25, 0.3) is 0 Å². The lowest BCUT2D eigenvalue weighted by Gasteiger charge is -2.40. The van der Waals surface area contributed by atoms with Gasteiger partial charge < -0.3 is 4.90 Å². The van der Waals surface area contributed by atoms with Gasteiger partial charge in [-0.1, -0.05) is 0 Å². The number of carbonyl (C=O) groups excluding carboxylic acids is 1. The van der Waals surface area contributed by atoms with Crippen molar-refractivity contribution in [3.8, 4) is 6.07 Å². The van der Waals surface area contributed by atoms with E-state index in [2.05, 4.69) is 16.0 Å². The zero-order valence-electron chi connectivity index (χ0n) is 13.2. The highest BCUT2D eigenvalue weighted by Crippen LogP contribution is 2.18. The Kier molecular flexibility index (Phi) is 4.29. The van der Waals surface area contributed by atoms with Gasteiger partial charge in [-0.05, 0) is 39.8 Å². The molecule has 1 aromatic rings. The smallest absolute Gasteiger partial charge is 0.255 e. The molecule has 1 aliphatic heterocycles. The summed E-state index contributed by atoms with van der Waals surface area (Å²) in [6.07, 6.45) is 0. The highest BCUT2D eigenvalue weighted by Gasteiger charge is 2.31. The molecule has 0 aromatic carbocycles. The molecule has 21 heavy (non-hydrogen) atoms. The van der Waals surface area contributed by atoms with E-state index >= 15 is 0 Å². The Morgan fingerprint density at radius 1 is 1.24 bits per heavy atom. The number of hydrogen-bond donors (Lipinski definition) is 0. The van der Waals surface area contributed by atoms with Crippen LogP contribution in [0.1, 0.15) is 35.6 Å². The molecule has 0 unspecified atom stereocenters. The van der Waals surface area contributed by atoms with Crippen molar-refractivity contribution >= 4 is 5.91 Å². The maximum absolute atomic E-state index is 12.6. The maximum atomic E-state index is 12.6. The molecule has 5 heteroatoms. The standard InChI is InChI=1S/C16H22N4O/c1-12-5-6-14(13(2)18-12)15(21)19-7-9-20(10-8-19)16(3,4)11-17/h5-6H,7-10H2,1-4H3. The van der Waals surface area contributed by atoms with Crippen LogP contribution in [0.15, 0.2) is 12.1 Å². The number of amides is 1. The summed E-state index contributed by atoms with van der Waals surface area (Å²) in [7, 11) is 0. The Morgan fingerprint density at radius 2 is 1.86 bits per heavy atom. The molecule has 0 saturated carbocycles. The van der Waals surface area contributed by atoms with Crippen molar-refractivity contribution in [2.75, 3.05) is 26.2 Å². The van der Waals surface area contributed by atoms with E-state index in [1.165, 1.54) is 0 Å². The summed E-state index contributed by atoms with van der Waals surface area (Å²) in [5.74, 6) is 0.0365. The molecule has 112 valence electrons. The van der Waals surface area contributed by atoms with Gasteiger partial charge in [0.25, 0.3) is 5.91 Å². The number of hydrogen-bond acceptors (Lipinski definition) is 4. The Hall–Kier alpha value is -1.93. The first-order valence-electron chi connectivity index (χ1n) is 7.25. The highest BCUT2D eigenvalue weighted by molar-refractivity contribution is 5.95. The van der Waals surface area contributed by atoms with Crippen LogP contribution in [-0.4, -0.2) is 52.4 Å². The fourth-order valence-electron chi connectivity index (χ4n) is 2.62. The van der Waals surface area contributed by atoms with Crippen LogP contribution >= 0.6 is 0 Å². The number of carbonyl (C=O) groups is 1. The summed E-state index contributed by atoms with van der Waals surface area (Å²) in [4.78, 5) is 20.9. The fourth-order valence-corrected chi connectivity index (χ4v) is 2.62. The minimum absolute atomic E-state index is 0.0365. The molecule has 0 aliphatic carbocycles. The van der Waals surface area contributed by atoms with Crippen molar-refractivity contribution in [1.82, 2.24) is 14.8 Å². The Bertz CT molecular complexity index is 580. The number of nitrogens with zero attached hydrogens (tertiary/aromatic N) is 4. The van der Waals surface area contributed by atoms with Crippen molar-refractivity contribution < 1.29 is 4.79 Å². The first kappa shape index (κ1) is 15.5. The second kappa shape index (κ2) is 5.82. The van der Waals surface area contributed by atoms with Crippen molar-refractivity contribution in [1.29, 1.82) is 5.26 Å². The van der Waals surface area contributed by atoms with E-state index in [0.717, 1.165) is 24.5 Å².